The van der Waals surface area contributed by atoms with Crippen LogP contribution in [-0.2, 0) is 0 Å². The third kappa shape index (κ3) is 1.09. The van der Waals surface area contributed by atoms with Gasteiger partial charge in [-0.05, 0) is 25.2 Å². The molecule has 1 aliphatic carbocycles. The quantitative estimate of drug-likeness (QED) is 0.612. The van der Waals surface area contributed by atoms with Crippen molar-refractivity contribution in [3.05, 3.63) is 0 Å². The van der Waals surface area contributed by atoms with E-state index in [1.54, 1.807) is 0 Å². The van der Waals surface area contributed by atoms with Crippen LogP contribution in [0.25, 0.3) is 0 Å². The standard InChI is InChI=1S/C9H17NO/c1-6-3-8(6)9(2,11)7-4-10-5-7/h6-8,10-11H,3-5H2,1-2H3. The largest absolute Gasteiger partial charge is 0.389 e. The Morgan fingerprint density at radius 1 is 1.45 bits per heavy atom. The second-order valence-electron chi connectivity index (χ2n) is 4.40. The Hall–Kier alpha value is -0.0800. The molecule has 1 saturated heterocycles. The van der Waals surface area contributed by atoms with Crippen LogP contribution in [0.3, 0.4) is 0 Å². The Morgan fingerprint density at radius 3 is 2.27 bits per heavy atom. The first kappa shape index (κ1) is 7.56. The van der Waals surface area contributed by atoms with Crippen molar-refractivity contribution in [2.24, 2.45) is 17.8 Å². The SMILES string of the molecule is CC1CC1C(C)(O)C1CNC1. The summed E-state index contributed by atoms with van der Waals surface area (Å²) in [6, 6.07) is 0. The number of hydrogen-bond acceptors (Lipinski definition) is 2. The Balaban J connectivity index is 1.97. The lowest BCUT2D eigenvalue weighted by Crippen LogP contribution is -2.55. The molecule has 1 aliphatic heterocycles. The molecule has 0 bridgehead atoms. The van der Waals surface area contributed by atoms with Crippen molar-refractivity contribution in [1.82, 2.24) is 5.32 Å². The van der Waals surface area contributed by atoms with E-state index in [2.05, 4.69) is 12.2 Å². The third-order valence-corrected chi connectivity index (χ3v) is 3.47. The van der Waals surface area contributed by atoms with Crippen molar-refractivity contribution in [2.45, 2.75) is 25.9 Å². The summed E-state index contributed by atoms with van der Waals surface area (Å²) in [6.45, 7) is 6.25. The maximum absolute atomic E-state index is 10.1. The summed E-state index contributed by atoms with van der Waals surface area (Å²) in [5, 5.41) is 13.3. The molecule has 1 saturated carbocycles. The summed E-state index contributed by atoms with van der Waals surface area (Å²) < 4.78 is 0. The Kier molecular flexibility index (Phi) is 1.52. The molecule has 2 nitrogen and oxygen atoms in total. The van der Waals surface area contributed by atoms with Gasteiger partial charge in [0.05, 0.1) is 5.60 Å². The van der Waals surface area contributed by atoms with Crippen molar-refractivity contribution in [2.75, 3.05) is 13.1 Å². The summed E-state index contributed by atoms with van der Waals surface area (Å²) in [5.74, 6) is 1.85. The van der Waals surface area contributed by atoms with E-state index in [1.165, 1.54) is 6.42 Å². The van der Waals surface area contributed by atoms with Crippen LogP contribution in [0, 0.1) is 17.8 Å². The molecule has 0 aromatic heterocycles. The molecule has 0 radical (unpaired) electrons. The van der Waals surface area contributed by atoms with Crippen LogP contribution in [0.5, 0.6) is 0 Å². The first-order valence-electron chi connectivity index (χ1n) is 4.55. The molecule has 2 heteroatoms. The summed E-state index contributed by atoms with van der Waals surface area (Å²) in [6.07, 6.45) is 1.23. The van der Waals surface area contributed by atoms with Gasteiger partial charge >= 0.3 is 0 Å². The van der Waals surface area contributed by atoms with E-state index < -0.39 is 0 Å². The summed E-state index contributed by atoms with van der Waals surface area (Å²) in [7, 11) is 0. The third-order valence-electron chi connectivity index (χ3n) is 3.47. The van der Waals surface area contributed by atoms with E-state index in [-0.39, 0.29) is 5.60 Å². The van der Waals surface area contributed by atoms with E-state index in [4.69, 9.17) is 0 Å². The molecule has 0 amide bonds. The first-order valence-corrected chi connectivity index (χ1v) is 4.55. The van der Waals surface area contributed by atoms with E-state index >= 15 is 0 Å². The second-order valence-corrected chi connectivity index (χ2v) is 4.40. The molecular weight excluding hydrogens is 138 g/mol. The fourth-order valence-electron chi connectivity index (χ4n) is 2.14. The first-order chi connectivity index (χ1) is 5.12. The van der Waals surface area contributed by atoms with Crippen LogP contribution in [0.1, 0.15) is 20.3 Å². The minimum Gasteiger partial charge on any atom is -0.389 e. The van der Waals surface area contributed by atoms with Gasteiger partial charge in [0, 0.05) is 19.0 Å². The van der Waals surface area contributed by atoms with Gasteiger partial charge in [-0.25, -0.2) is 0 Å². The zero-order chi connectivity index (χ0) is 8.06. The molecule has 1 heterocycles. The van der Waals surface area contributed by atoms with E-state index in [0.29, 0.717) is 11.8 Å². The monoisotopic (exact) mass is 155 g/mol. The van der Waals surface area contributed by atoms with Gasteiger partial charge in [0.2, 0.25) is 0 Å². The highest BCUT2D eigenvalue weighted by Gasteiger charge is 2.51. The van der Waals surface area contributed by atoms with Crippen LogP contribution in [0.2, 0.25) is 0 Å². The fraction of sp³-hybridized carbons (Fsp3) is 1.00. The lowest BCUT2D eigenvalue weighted by Gasteiger charge is -2.40. The second kappa shape index (κ2) is 2.20. The minimum absolute atomic E-state index is 0.384. The molecule has 2 fully saturated rings. The van der Waals surface area contributed by atoms with Crippen LogP contribution in [0.15, 0.2) is 0 Å². The molecule has 3 unspecified atom stereocenters. The summed E-state index contributed by atoms with van der Waals surface area (Å²) in [4.78, 5) is 0. The van der Waals surface area contributed by atoms with Gasteiger partial charge in [-0.2, -0.15) is 0 Å². The number of aliphatic hydroxyl groups is 1. The highest BCUT2D eigenvalue weighted by molar-refractivity contribution is 5.03. The highest BCUT2D eigenvalue weighted by atomic mass is 16.3. The van der Waals surface area contributed by atoms with Gasteiger partial charge < -0.3 is 10.4 Å². The molecular formula is C9H17NO. The average molecular weight is 155 g/mol. The molecule has 0 spiro atoms. The molecule has 11 heavy (non-hydrogen) atoms. The summed E-state index contributed by atoms with van der Waals surface area (Å²) >= 11 is 0. The highest BCUT2D eigenvalue weighted by Crippen LogP contribution is 2.49. The van der Waals surface area contributed by atoms with Crippen LogP contribution in [0.4, 0.5) is 0 Å². The van der Waals surface area contributed by atoms with E-state index in [0.717, 1.165) is 19.0 Å². The van der Waals surface area contributed by atoms with Crippen molar-refractivity contribution >= 4 is 0 Å². The predicted octanol–water partition coefficient (Wildman–Crippen LogP) is 0.613. The van der Waals surface area contributed by atoms with Crippen LogP contribution < -0.4 is 5.32 Å². The lowest BCUT2D eigenvalue weighted by atomic mass is 9.80. The van der Waals surface area contributed by atoms with Crippen LogP contribution in [-0.4, -0.2) is 23.8 Å². The van der Waals surface area contributed by atoms with Crippen molar-refractivity contribution in [3.63, 3.8) is 0 Å². The zero-order valence-corrected chi connectivity index (χ0v) is 7.30. The van der Waals surface area contributed by atoms with E-state index in [1.807, 2.05) is 6.92 Å². The average Bonchev–Trinajstić information content (AvgIpc) is 2.39. The number of hydrogen-bond donors (Lipinski definition) is 2. The molecule has 2 aliphatic rings. The molecule has 0 aromatic rings. The normalized spacial score (nSPS) is 42.8. The predicted molar refractivity (Wildman–Crippen MR) is 44.3 cm³/mol. The van der Waals surface area contributed by atoms with Crippen LogP contribution >= 0.6 is 0 Å². The smallest absolute Gasteiger partial charge is 0.0702 e. The van der Waals surface area contributed by atoms with E-state index in [9.17, 15) is 5.11 Å². The van der Waals surface area contributed by atoms with Gasteiger partial charge in [-0.15, -0.1) is 0 Å². The van der Waals surface area contributed by atoms with Gasteiger partial charge in [-0.3, -0.25) is 0 Å². The van der Waals surface area contributed by atoms with Gasteiger partial charge in [0.15, 0.2) is 0 Å². The maximum atomic E-state index is 10.1. The van der Waals surface area contributed by atoms with Crippen molar-refractivity contribution < 1.29 is 5.11 Å². The van der Waals surface area contributed by atoms with Gasteiger partial charge in [-0.1, -0.05) is 6.92 Å². The van der Waals surface area contributed by atoms with Crippen molar-refractivity contribution in [1.29, 1.82) is 0 Å². The Morgan fingerprint density at radius 2 is 2.00 bits per heavy atom. The van der Waals surface area contributed by atoms with Crippen molar-refractivity contribution in [3.8, 4) is 0 Å². The molecule has 0 aromatic carbocycles. The lowest BCUT2D eigenvalue weighted by molar-refractivity contribution is -0.0452. The Labute approximate surface area is 68.0 Å². The number of rotatable bonds is 2. The molecule has 64 valence electrons. The number of nitrogens with one attached hydrogen (secondary N) is 1. The van der Waals surface area contributed by atoms with Gasteiger partial charge in [0.1, 0.15) is 0 Å². The molecule has 3 atom stereocenters. The summed E-state index contributed by atoms with van der Waals surface area (Å²) in [5.41, 5.74) is -0.384. The fourth-order valence-corrected chi connectivity index (χ4v) is 2.14. The topological polar surface area (TPSA) is 32.3 Å². The molecule has 2 rings (SSSR count). The van der Waals surface area contributed by atoms with Gasteiger partial charge in [0.25, 0.3) is 0 Å². The maximum Gasteiger partial charge on any atom is 0.0702 e. The Bertz CT molecular complexity index is 156. The zero-order valence-electron chi connectivity index (χ0n) is 7.30. The minimum atomic E-state index is -0.384. The molecule has 2 N–H and O–H groups in total.